The van der Waals surface area contributed by atoms with Crippen LogP contribution in [0, 0.1) is 0 Å². The van der Waals surface area contributed by atoms with E-state index in [2.05, 4.69) is 24.1 Å². The van der Waals surface area contributed by atoms with Crippen LogP contribution < -0.4 is 15.8 Å². The van der Waals surface area contributed by atoms with Crippen molar-refractivity contribution in [1.29, 1.82) is 0 Å². The van der Waals surface area contributed by atoms with Gasteiger partial charge in [0.1, 0.15) is 12.4 Å². The van der Waals surface area contributed by atoms with Crippen LogP contribution in [0.2, 0.25) is 0 Å². The van der Waals surface area contributed by atoms with Crippen LogP contribution in [0.15, 0.2) is 48.5 Å². The van der Waals surface area contributed by atoms with E-state index in [1.165, 1.54) is 0 Å². The summed E-state index contributed by atoms with van der Waals surface area (Å²) in [5.41, 5.74) is 7.87. The van der Waals surface area contributed by atoms with Crippen LogP contribution in [0.3, 0.4) is 0 Å². The lowest BCUT2D eigenvalue weighted by Crippen LogP contribution is -2.27. The molecule has 0 unspecified atom stereocenters. The predicted molar refractivity (Wildman–Crippen MR) is 102 cm³/mol. The number of likely N-dealkylation sites (N-methyl/N-ethyl adjacent to an activating group) is 1. The van der Waals surface area contributed by atoms with Gasteiger partial charge in [0.25, 0.3) is 5.91 Å². The molecule has 0 aliphatic heterocycles. The summed E-state index contributed by atoms with van der Waals surface area (Å²) in [5.74, 6) is 0.713. The molecule has 2 aromatic carbocycles. The lowest BCUT2D eigenvalue weighted by Gasteiger charge is -2.18. The number of anilines is 1. The molecule has 2 rings (SSSR count). The predicted octanol–water partition coefficient (Wildman–Crippen LogP) is 2.92. The fraction of sp³-hybridized carbons (Fsp3) is 0.350. The molecule has 25 heavy (non-hydrogen) atoms. The molecule has 5 nitrogen and oxygen atoms in total. The van der Waals surface area contributed by atoms with Gasteiger partial charge in [0.05, 0.1) is 0 Å². The zero-order valence-electron chi connectivity index (χ0n) is 15.0. The third-order valence-corrected chi connectivity index (χ3v) is 4.10. The van der Waals surface area contributed by atoms with Crippen molar-refractivity contribution in [2.75, 3.05) is 32.0 Å². The topological polar surface area (TPSA) is 67.6 Å². The maximum atomic E-state index is 12.1. The van der Waals surface area contributed by atoms with Gasteiger partial charge in [-0.05, 0) is 49.0 Å². The first kappa shape index (κ1) is 18.8. The highest BCUT2D eigenvalue weighted by Crippen LogP contribution is 2.13. The summed E-state index contributed by atoms with van der Waals surface area (Å²) < 4.78 is 5.76. The Bertz CT molecular complexity index is 667. The van der Waals surface area contributed by atoms with Crippen LogP contribution in [0.4, 0.5) is 5.69 Å². The molecular weight excluding hydrogens is 314 g/mol. The lowest BCUT2D eigenvalue weighted by molar-refractivity contribution is 0.0951. The fourth-order valence-corrected chi connectivity index (χ4v) is 2.50. The Morgan fingerprint density at radius 3 is 2.48 bits per heavy atom. The van der Waals surface area contributed by atoms with E-state index in [1.54, 1.807) is 24.3 Å². The first-order chi connectivity index (χ1) is 12.1. The van der Waals surface area contributed by atoms with Gasteiger partial charge in [-0.1, -0.05) is 32.0 Å². The second-order valence-electron chi connectivity index (χ2n) is 5.83. The average Bonchev–Trinajstić information content (AvgIpc) is 2.64. The smallest absolute Gasteiger partial charge is 0.251 e. The number of ether oxygens (including phenoxy) is 1. The molecule has 0 bridgehead atoms. The fourth-order valence-electron chi connectivity index (χ4n) is 2.50. The van der Waals surface area contributed by atoms with Gasteiger partial charge in [0.2, 0.25) is 0 Å². The maximum Gasteiger partial charge on any atom is 0.251 e. The van der Waals surface area contributed by atoms with E-state index in [-0.39, 0.29) is 5.91 Å². The molecule has 134 valence electrons. The zero-order chi connectivity index (χ0) is 18.1. The molecule has 0 fully saturated rings. The van der Waals surface area contributed by atoms with Crippen molar-refractivity contribution in [3.05, 3.63) is 59.7 Å². The zero-order valence-corrected chi connectivity index (χ0v) is 15.0. The molecule has 0 spiro atoms. The summed E-state index contributed by atoms with van der Waals surface area (Å²) in [5, 5.41) is 2.89. The van der Waals surface area contributed by atoms with Crippen LogP contribution in [0.5, 0.6) is 5.75 Å². The third-order valence-electron chi connectivity index (χ3n) is 4.10. The van der Waals surface area contributed by atoms with Crippen LogP contribution >= 0.6 is 0 Å². The van der Waals surface area contributed by atoms with E-state index in [1.807, 2.05) is 24.3 Å². The Hall–Kier alpha value is -2.53. The highest BCUT2D eigenvalue weighted by atomic mass is 16.5. The number of nitrogens with two attached hydrogens (primary N) is 1. The molecule has 5 heteroatoms. The lowest BCUT2D eigenvalue weighted by atomic mass is 10.1. The largest absolute Gasteiger partial charge is 0.492 e. The van der Waals surface area contributed by atoms with Crippen LogP contribution in [0.1, 0.15) is 29.8 Å². The average molecular weight is 341 g/mol. The summed E-state index contributed by atoms with van der Waals surface area (Å²) in [4.78, 5) is 14.4. The number of nitrogens with zero attached hydrogens (tertiary/aromatic N) is 1. The van der Waals surface area contributed by atoms with Gasteiger partial charge in [0, 0.05) is 24.3 Å². The summed E-state index contributed by atoms with van der Waals surface area (Å²) >= 11 is 0. The van der Waals surface area contributed by atoms with E-state index in [4.69, 9.17) is 10.5 Å². The third kappa shape index (κ3) is 6.12. The van der Waals surface area contributed by atoms with Crippen molar-refractivity contribution in [3.8, 4) is 5.75 Å². The first-order valence-electron chi connectivity index (χ1n) is 8.70. The molecule has 0 heterocycles. The summed E-state index contributed by atoms with van der Waals surface area (Å²) in [6.45, 7) is 8.43. The Labute approximate surface area is 149 Å². The molecule has 0 aromatic heterocycles. The summed E-state index contributed by atoms with van der Waals surface area (Å²) in [6.07, 6.45) is 0. The van der Waals surface area contributed by atoms with Gasteiger partial charge in [-0.2, -0.15) is 0 Å². The molecule has 3 N–H and O–H groups in total. The normalized spacial score (nSPS) is 10.7. The Morgan fingerprint density at radius 1 is 1.12 bits per heavy atom. The molecule has 0 saturated carbocycles. The standard InChI is InChI=1S/C20H27N3O2/c1-3-23(4-2)12-13-25-19-10-8-16(9-11-19)15-22-20(24)17-6-5-7-18(21)14-17/h5-11,14H,3-4,12-13,15,21H2,1-2H3,(H,22,24). The molecular formula is C20H27N3O2. The van der Waals surface area contributed by atoms with E-state index in [0.717, 1.165) is 30.9 Å². The van der Waals surface area contributed by atoms with Crippen molar-refractivity contribution < 1.29 is 9.53 Å². The number of nitrogens with one attached hydrogen (secondary N) is 1. The second kappa shape index (κ2) is 9.69. The van der Waals surface area contributed by atoms with Gasteiger partial charge in [0.15, 0.2) is 0 Å². The number of benzene rings is 2. The minimum atomic E-state index is -0.133. The number of rotatable bonds is 9. The number of hydrogen-bond acceptors (Lipinski definition) is 4. The second-order valence-corrected chi connectivity index (χ2v) is 5.83. The highest BCUT2D eigenvalue weighted by molar-refractivity contribution is 5.94. The number of amides is 1. The van der Waals surface area contributed by atoms with Crippen molar-refractivity contribution in [3.63, 3.8) is 0 Å². The summed E-state index contributed by atoms with van der Waals surface area (Å²) in [6, 6.07) is 14.7. The van der Waals surface area contributed by atoms with E-state index >= 15 is 0 Å². The van der Waals surface area contributed by atoms with Crippen LogP contribution in [0.25, 0.3) is 0 Å². The molecule has 0 atom stereocenters. The highest BCUT2D eigenvalue weighted by Gasteiger charge is 2.05. The van der Waals surface area contributed by atoms with Gasteiger partial charge in [-0.3, -0.25) is 4.79 Å². The maximum absolute atomic E-state index is 12.1. The Balaban J connectivity index is 1.79. The molecule has 0 aliphatic carbocycles. The number of carbonyl (C=O) groups is 1. The van der Waals surface area contributed by atoms with Gasteiger partial charge < -0.3 is 20.7 Å². The van der Waals surface area contributed by atoms with E-state index in [9.17, 15) is 4.79 Å². The molecule has 1 amide bonds. The van der Waals surface area contributed by atoms with Crippen molar-refractivity contribution >= 4 is 11.6 Å². The van der Waals surface area contributed by atoms with Crippen molar-refractivity contribution in [2.45, 2.75) is 20.4 Å². The Kier molecular flexibility index (Phi) is 7.29. The van der Waals surface area contributed by atoms with Crippen LogP contribution in [-0.2, 0) is 6.54 Å². The Morgan fingerprint density at radius 2 is 1.84 bits per heavy atom. The van der Waals surface area contributed by atoms with Crippen molar-refractivity contribution in [1.82, 2.24) is 10.2 Å². The molecule has 0 aliphatic rings. The van der Waals surface area contributed by atoms with Gasteiger partial charge in [-0.15, -0.1) is 0 Å². The number of carbonyl (C=O) groups excluding carboxylic acids is 1. The SMILES string of the molecule is CCN(CC)CCOc1ccc(CNC(=O)c2cccc(N)c2)cc1. The minimum Gasteiger partial charge on any atom is -0.492 e. The molecule has 0 radical (unpaired) electrons. The van der Waals surface area contributed by atoms with Gasteiger partial charge >= 0.3 is 0 Å². The monoisotopic (exact) mass is 341 g/mol. The molecule has 0 saturated heterocycles. The summed E-state index contributed by atoms with van der Waals surface area (Å²) in [7, 11) is 0. The molecule has 2 aromatic rings. The minimum absolute atomic E-state index is 0.133. The number of hydrogen-bond donors (Lipinski definition) is 2. The first-order valence-corrected chi connectivity index (χ1v) is 8.70. The quantitative estimate of drug-likeness (QED) is 0.688. The van der Waals surface area contributed by atoms with Gasteiger partial charge in [-0.25, -0.2) is 0 Å². The van der Waals surface area contributed by atoms with E-state index < -0.39 is 0 Å². The van der Waals surface area contributed by atoms with Crippen molar-refractivity contribution in [2.24, 2.45) is 0 Å². The number of nitrogen functional groups attached to an aromatic ring is 1. The van der Waals surface area contributed by atoms with E-state index in [0.29, 0.717) is 24.4 Å². The van der Waals surface area contributed by atoms with Crippen LogP contribution in [-0.4, -0.2) is 37.0 Å².